The number of rotatable bonds is 18. The van der Waals surface area contributed by atoms with Crippen molar-refractivity contribution in [2.75, 3.05) is 0 Å². The Morgan fingerprint density at radius 3 is 0.383 bits per heavy atom. The lowest BCUT2D eigenvalue weighted by molar-refractivity contribution is 0.0793. The van der Waals surface area contributed by atoms with E-state index in [1.165, 1.54) is 0 Å². The van der Waals surface area contributed by atoms with Crippen LogP contribution in [0.1, 0.15) is 66.8 Å². The predicted octanol–water partition coefficient (Wildman–Crippen LogP) is 23.6. The molecule has 690 valence electrons. The zero-order valence-electron chi connectivity index (χ0n) is 61.8. The molecule has 0 amide bonds. The van der Waals surface area contributed by atoms with Crippen LogP contribution in [0.4, 0.5) is 198 Å². The third-order valence-electron chi connectivity index (χ3n) is 21.2. The minimum absolute atomic E-state index is 0.0228. The Hall–Kier alpha value is -14.4. The quantitative estimate of drug-likeness (QED) is 0.0283. The smallest absolute Gasteiger partial charge is 0.396 e. The number of fused-ring (bicyclic) bond motifs is 3. The summed E-state index contributed by atoms with van der Waals surface area (Å²) in [5.41, 5.74) is -60.0. The number of halogens is 45. The van der Waals surface area contributed by atoms with Crippen LogP contribution in [0.15, 0.2) is 91.4 Å². The average molecular weight is 1940 g/mol. The maximum absolute atomic E-state index is 17.1. The first-order valence-corrected chi connectivity index (χ1v) is 34.8. The molecular formula is C81H15BF45N3O3. The minimum atomic E-state index is -5.72. The topological polar surface area (TPSA) is 42.5 Å². The van der Waals surface area contributed by atoms with Gasteiger partial charge in [0.2, 0.25) is 52.4 Å². The van der Waals surface area contributed by atoms with Crippen LogP contribution in [0.25, 0.3) is 32.7 Å². The largest absolute Gasteiger partial charge is 0.926 e. The van der Waals surface area contributed by atoms with E-state index in [1.807, 2.05) is 0 Å². The molecule has 15 aromatic rings. The van der Waals surface area contributed by atoms with Crippen LogP contribution in [0.2, 0.25) is 0 Å². The van der Waals surface area contributed by atoms with E-state index in [2.05, 4.69) is 0 Å². The van der Waals surface area contributed by atoms with E-state index >= 15 is 198 Å². The second-order valence-electron chi connectivity index (χ2n) is 27.5. The molecule has 0 radical (unpaired) electrons. The fourth-order valence-corrected chi connectivity index (χ4v) is 15.8. The summed E-state index contributed by atoms with van der Waals surface area (Å²) >= 11 is 0. The fourth-order valence-electron chi connectivity index (χ4n) is 15.8. The van der Waals surface area contributed by atoms with Gasteiger partial charge in [0, 0.05) is 84.8 Å². The van der Waals surface area contributed by atoms with Gasteiger partial charge < -0.3 is 14.3 Å². The van der Waals surface area contributed by atoms with Crippen molar-refractivity contribution < 1.29 is 212 Å². The van der Waals surface area contributed by atoms with Crippen molar-refractivity contribution in [1.29, 1.82) is 0 Å². The van der Waals surface area contributed by atoms with E-state index in [4.69, 9.17) is 14.3 Å². The highest BCUT2D eigenvalue weighted by molar-refractivity contribution is 6.37. The van der Waals surface area contributed by atoms with Gasteiger partial charge in [-0.1, -0.05) is 36.4 Å². The van der Waals surface area contributed by atoms with Crippen molar-refractivity contribution >= 4 is 40.0 Å². The van der Waals surface area contributed by atoms with Crippen molar-refractivity contribution in [2.45, 2.75) is 16.2 Å². The van der Waals surface area contributed by atoms with E-state index in [1.54, 1.807) is 0 Å². The molecule has 0 saturated heterocycles. The Balaban J connectivity index is 1.08. The van der Waals surface area contributed by atoms with Crippen LogP contribution >= 0.6 is 0 Å². The van der Waals surface area contributed by atoms with Gasteiger partial charge in [-0.15, -0.1) is 0 Å². The van der Waals surface area contributed by atoms with Gasteiger partial charge in [0.05, 0.1) is 32.8 Å². The lowest BCUT2D eigenvalue weighted by atomic mass is 9.63. The summed E-state index contributed by atoms with van der Waals surface area (Å²) in [7, 11) is -3.83. The van der Waals surface area contributed by atoms with Crippen molar-refractivity contribution in [2.24, 2.45) is 0 Å². The second kappa shape index (κ2) is 32.3. The van der Waals surface area contributed by atoms with Gasteiger partial charge in [-0.05, 0) is 53.1 Å². The highest BCUT2D eigenvalue weighted by Gasteiger charge is 2.61. The van der Waals surface area contributed by atoms with Crippen molar-refractivity contribution in [3.8, 4) is 0 Å². The van der Waals surface area contributed by atoms with Crippen LogP contribution in [0.3, 0.4) is 0 Å². The average Bonchev–Trinajstić information content (AvgIpc) is 1.54. The summed E-state index contributed by atoms with van der Waals surface area (Å²) in [6, 6.07) is 0.0210. The summed E-state index contributed by atoms with van der Waals surface area (Å²) in [6.07, 6.45) is -0.0684. The number of nitrogens with zero attached hydrogens (tertiary/aromatic N) is 3. The number of hydrogen-bond acceptors (Lipinski definition) is 3. The Kier molecular flexibility index (Phi) is 22.6. The van der Waals surface area contributed by atoms with Crippen molar-refractivity contribution in [3.63, 3.8) is 0 Å². The normalized spacial score (nSPS) is 12.2. The lowest BCUT2D eigenvalue weighted by Gasteiger charge is -2.38. The van der Waals surface area contributed by atoms with Gasteiger partial charge in [-0.25, -0.2) is 212 Å². The summed E-state index contributed by atoms with van der Waals surface area (Å²) in [6.45, 7) is 0. The molecular weight excluding hydrogens is 1930 g/mol. The van der Waals surface area contributed by atoms with Crippen LogP contribution in [0.5, 0.6) is 0 Å². The standard InChI is InChI=1S/C81H15BF45N3O3/c83-34-25(35(84)53(102)70(119)52(34)101)79(26-36(85)54(103)71(120)55(104)37(26)86,27-38(87)56(105)72(121)57(106)39(27)88)19-4-1-7-22-16(19)10-13-128(22)131-82(132-129-14-11-17-20(5-2-8-23(17)129)80(28-40(89)58(107)73(122)59(108)41(28)90,29-42(91)60(109)74(123)61(110)43(29)92)30-44(93)62(111)75(124)63(112)45(30)94)133-130-15-12-18-21(6-3-9-24(18)130)81(31-46(95)64(113)76(125)65(114)47(31)96,32-48(97)66(115)77(126)67(116)49(32)98)33-50(99)68(117)78(127)69(118)51(33)100/h1-15H. The fraction of sp³-hybridized carbons (Fsp3) is 0.0370. The number of hydrogen-bond donors (Lipinski definition) is 0. The maximum Gasteiger partial charge on any atom is 0.926 e. The van der Waals surface area contributed by atoms with Gasteiger partial charge in [0.1, 0.15) is 0 Å². The molecule has 0 bridgehead atoms. The highest BCUT2D eigenvalue weighted by atomic mass is 19.2. The first-order chi connectivity index (χ1) is 62.3. The lowest BCUT2D eigenvalue weighted by Crippen LogP contribution is -2.48. The molecule has 0 saturated carbocycles. The zero-order chi connectivity index (χ0) is 97.9. The summed E-state index contributed by atoms with van der Waals surface area (Å²) in [5.74, 6) is -163. The summed E-state index contributed by atoms with van der Waals surface area (Å²) in [5, 5.41) is -5.37. The first-order valence-electron chi connectivity index (χ1n) is 34.8. The highest BCUT2D eigenvalue weighted by Crippen LogP contribution is 2.60. The molecule has 0 aliphatic rings. The van der Waals surface area contributed by atoms with Crippen LogP contribution in [-0.2, 0) is 16.2 Å². The predicted molar refractivity (Wildman–Crippen MR) is 354 cm³/mol. The molecule has 0 atom stereocenters. The van der Waals surface area contributed by atoms with Crippen LogP contribution in [0, 0.1) is 262 Å². The zero-order valence-corrected chi connectivity index (χ0v) is 61.8. The molecule has 0 unspecified atom stereocenters. The molecule has 3 heterocycles. The van der Waals surface area contributed by atoms with Gasteiger partial charge in [0.15, 0.2) is 209 Å². The summed E-state index contributed by atoms with van der Waals surface area (Å²) in [4.78, 5) is 0. The van der Waals surface area contributed by atoms with Crippen molar-refractivity contribution in [1.82, 2.24) is 14.2 Å². The minimum Gasteiger partial charge on any atom is -0.396 e. The van der Waals surface area contributed by atoms with E-state index in [0.717, 1.165) is 0 Å². The molecule has 0 aliphatic heterocycles. The molecule has 12 aromatic carbocycles. The third kappa shape index (κ3) is 12.5. The molecule has 52 heteroatoms. The SMILES string of the molecule is Fc1c(F)c(F)c(C(c2c(F)c(F)c(F)c(F)c2F)(c2c(F)c(F)c(F)c(F)c2F)c2cccc3c2ccn3OB(On2ccc3c(C(c4c(F)c(F)c(F)c(F)c4F)(c4c(F)c(F)c(F)c(F)c4F)c4c(F)c(F)c(F)c(F)c4F)cccc32)On2ccc3c(C(c4c(F)c(F)c(F)c(F)c4F)(c4c(F)c(F)c(F)c(F)c4F)c4c(F)c(F)c(F)c(F)c4F)cccc32)c(F)c1F. The van der Waals surface area contributed by atoms with Crippen LogP contribution in [-0.4, -0.2) is 21.5 Å². The monoisotopic (exact) mass is 1940 g/mol. The van der Waals surface area contributed by atoms with E-state index in [0.29, 0.717) is 0 Å². The van der Waals surface area contributed by atoms with Crippen LogP contribution < -0.4 is 14.3 Å². The molecule has 3 aromatic heterocycles. The van der Waals surface area contributed by atoms with E-state index in [9.17, 15) is 0 Å². The number of aromatic nitrogens is 3. The molecule has 133 heavy (non-hydrogen) atoms. The Labute approximate surface area is 700 Å². The molecule has 15 rings (SSSR count). The Morgan fingerprint density at radius 2 is 0.263 bits per heavy atom. The first kappa shape index (κ1) is 93.3. The molecule has 6 nitrogen and oxygen atoms in total. The van der Waals surface area contributed by atoms with Gasteiger partial charge in [-0.2, -0.15) is 0 Å². The van der Waals surface area contributed by atoms with E-state index < -0.39 is 385 Å². The molecule has 0 N–H and O–H groups in total. The molecule has 0 fully saturated rings. The van der Waals surface area contributed by atoms with Crippen molar-refractivity contribution in [3.05, 3.63) is 420 Å². The van der Waals surface area contributed by atoms with Gasteiger partial charge >= 0.3 is 7.32 Å². The van der Waals surface area contributed by atoms with E-state index in [-0.39, 0.29) is 106 Å². The van der Waals surface area contributed by atoms with Gasteiger partial charge in [-0.3, -0.25) is 0 Å². The Morgan fingerprint density at radius 1 is 0.150 bits per heavy atom. The third-order valence-corrected chi connectivity index (χ3v) is 21.2. The van der Waals surface area contributed by atoms with Gasteiger partial charge in [0.25, 0.3) is 0 Å². The molecule has 0 aliphatic carbocycles. The second-order valence-corrected chi connectivity index (χ2v) is 27.5. The number of benzene rings is 12. The summed E-state index contributed by atoms with van der Waals surface area (Å²) < 4.78 is 749. The Bertz CT molecular complexity index is 6210. The maximum atomic E-state index is 17.1. The molecule has 0 spiro atoms.